The number of hydrogen-bond acceptors (Lipinski definition) is 5. The summed E-state index contributed by atoms with van der Waals surface area (Å²) in [4.78, 5) is 20.9. The molecular formula is C21H25F2N5O2. The minimum Gasteiger partial charge on any atom is -0.471 e. The predicted molar refractivity (Wildman–Crippen MR) is 107 cm³/mol. The van der Waals surface area contributed by atoms with Gasteiger partial charge in [0.15, 0.2) is 6.61 Å². The standard InChI is InChI=1S/C21H25F2N5O2/c1-12-6-14(8-25-20(12)30-11-21(3,22)23)9-28-10-16-17(27-28)13(2)7-24-18(16)26-19(29)15-4-5-15/h6,8,10,13,15H,4-5,7,9,11H2,1-3H3,(H,24,26,29). The summed E-state index contributed by atoms with van der Waals surface area (Å²) in [7, 11) is 0. The Balaban J connectivity index is 1.48. The maximum Gasteiger partial charge on any atom is 0.278 e. The Morgan fingerprint density at radius 3 is 2.83 bits per heavy atom. The average Bonchev–Trinajstić information content (AvgIpc) is 3.43. The minimum absolute atomic E-state index is 0.0232. The second-order valence-electron chi connectivity index (χ2n) is 8.30. The van der Waals surface area contributed by atoms with Crippen LogP contribution < -0.4 is 10.1 Å². The molecule has 2 aromatic rings. The largest absolute Gasteiger partial charge is 0.471 e. The number of aliphatic imine (C=N–C) groups is 1. The highest BCUT2D eigenvalue weighted by molar-refractivity contribution is 6.09. The van der Waals surface area contributed by atoms with Gasteiger partial charge < -0.3 is 10.1 Å². The number of alkyl halides is 2. The summed E-state index contributed by atoms with van der Waals surface area (Å²) in [6, 6.07) is 1.85. The molecule has 2 aliphatic rings. The Morgan fingerprint density at radius 1 is 1.40 bits per heavy atom. The number of amidine groups is 1. The first-order chi connectivity index (χ1) is 14.2. The van der Waals surface area contributed by atoms with Crippen molar-refractivity contribution in [1.82, 2.24) is 20.1 Å². The molecule has 7 nitrogen and oxygen atoms in total. The highest BCUT2D eigenvalue weighted by Gasteiger charge is 2.32. The number of ether oxygens (including phenoxy) is 1. The Labute approximate surface area is 173 Å². The van der Waals surface area contributed by atoms with E-state index in [2.05, 4.69) is 22.2 Å². The summed E-state index contributed by atoms with van der Waals surface area (Å²) in [5, 5.41) is 7.64. The fourth-order valence-corrected chi connectivity index (χ4v) is 3.37. The quantitative estimate of drug-likeness (QED) is 0.783. The number of pyridine rings is 1. The summed E-state index contributed by atoms with van der Waals surface area (Å²) in [5.74, 6) is -1.83. The lowest BCUT2D eigenvalue weighted by Gasteiger charge is -2.17. The van der Waals surface area contributed by atoms with Crippen molar-refractivity contribution in [2.75, 3.05) is 13.2 Å². The zero-order chi connectivity index (χ0) is 21.5. The van der Waals surface area contributed by atoms with Gasteiger partial charge in [-0.3, -0.25) is 14.5 Å². The van der Waals surface area contributed by atoms with E-state index < -0.39 is 12.5 Å². The van der Waals surface area contributed by atoms with Crippen LogP contribution in [-0.2, 0) is 11.3 Å². The molecule has 1 saturated carbocycles. The van der Waals surface area contributed by atoms with Crippen molar-refractivity contribution >= 4 is 11.7 Å². The first-order valence-corrected chi connectivity index (χ1v) is 10.1. The van der Waals surface area contributed by atoms with Crippen LogP contribution in [0.4, 0.5) is 8.78 Å². The smallest absolute Gasteiger partial charge is 0.278 e. The van der Waals surface area contributed by atoms with Crippen molar-refractivity contribution in [2.24, 2.45) is 10.9 Å². The molecule has 1 unspecified atom stereocenters. The second kappa shape index (κ2) is 7.77. The third-order valence-electron chi connectivity index (χ3n) is 5.12. The molecule has 4 rings (SSSR count). The van der Waals surface area contributed by atoms with E-state index in [0.717, 1.165) is 36.6 Å². The summed E-state index contributed by atoms with van der Waals surface area (Å²) in [6.45, 7) is 4.97. The number of carbonyl (C=O) groups excluding carboxylic acids is 1. The highest BCUT2D eigenvalue weighted by atomic mass is 19.3. The van der Waals surface area contributed by atoms with E-state index in [1.807, 2.05) is 12.3 Å². The number of nitrogens with one attached hydrogen (secondary N) is 1. The molecular weight excluding hydrogens is 392 g/mol. The van der Waals surface area contributed by atoms with Crippen molar-refractivity contribution < 1.29 is 18.3 Å². The molecule has 160 valence electrons. The van der Waals surface area contributed by atoms with Crippen molar-refractivity contribution in [3.8, 4) is 5.88 Å². The fraction of sp³-hybridized carbons (Fsp3) is 0.524. The molecule has 1 fully saturated rings. The van der Waals surface area contributed by atoms with Gasteiger partial charge in [-0.15, -0.1) is 0 Å². The second-order valence-corrected chi connectivity index (χ2v) is 8.30. The van der Waals surface area contributed by atoms with Crippen LogP contribution in [0.25, 0.3) is 0 Å². The van der Waals surface area contributed by atoms with Gasteiger partial charge in [0.1, 0.15) is 5.84 Å². The molecule has 0 saturated heterocycles. The van der Waals surface area contributed by atoms with E-state index in [4.69, 9.17) is 9.84 Å². The molecule has 1 atom stereocenters. The van der Waals surface area contributed by atoms with Gasteiger partial charge in [-0.2, -0.15) is 5.10 Å². The van der Waals surface area contributed by atoms with Crippen LogP contribution in [-0.4, -0.2) is 45.6 Å². The monoisotopic (exact) mass is 417 g/mol. The van der Waals surface area contributed by atoms with Crippen molar-refractivity contribution in [1.29, 1.82) is 0 Å². The number of amides is 1. The van der Waals surface area contributed by atoms with Gasteiger partial charge in [-0.1, -0.05) is 6.92 Å². The van der Waals surface area contributed by atoms with E-state index in [1.54, 1.807) is 17.8 Å². The van der Waals surface area contributed by atoms with Crippen LogP contribution in [0.3, 0.4) is 0 Å². The fourth-order valence-electron chi connectivity index (χ4n) is 3.37. The molecule has 0 aromatic carbocycles. The molecule has 1 aliphatic heterocycles. The number of aromatic nitrogens is 3. The molecule has 1 aliphatic carbocycles. The van der Waals surface area contributed by atoms with Crippen molar-refractivity contribution in [3.63, 3.8) is 0 Å². The summed E-state index contributed by atoms with van der Waals surface area (Å²) < 4.78 is 32.9. The van der Waals surface area contributed by atoms with Gasteiger partial charge in [0, 0.05) is 43.3 Å². The third kappa shape index (κ3) is 4.66. The van der Waals surface area contributed by atoms with Gasteiger partial charge in [0.25, 0.3) is 5.92 Å². The van der Waals surface area contributed by atoms with E-state index in [0.29, 0.717) is 24.5 Å². The molecule has 2 aromatic heterocycles. The number of rotatable bonds is 6. The van der Waals surface area contributed by atoms with Gasteiger partial charge in [0.2, 0.25) is 11.8 Å². The zero-order valence-electron chi connectivity index (χ0n) is 17.3. The summed E-state index contributed by atoms with van der Waals surface area (Å²) in [6.07, 6.45) is 5.35. The Hall–Kier alpha value is -2.84. The number of aryl methyl sites for hydroxylation is 1. The van der Waals surface area contributed by atoms with Crippen molar-refractivity contribution in [2.45, 2.75) is 52.0 Å². The molecule has 0 radical (unpaired) electrons. The highest BCUT2D eigenvalue weighted by Crippen LogP contribution is 2.30. The first-order valence-electron chi connectivity index (χ1n) is 10.1. The van der Waals surface area contributed by atoms with Crippen LogP contribution in [0, 0.1) is 12.8 Å². The molecule has 30 heavy (non-hydrogen) atoms. The Morgan fingerprint density at radius 2 is 2.17 bits per heavy atom. The molecule has 0 spiro atoms. The lowest BCUT2D eigenvalue weighted by atomic mass is 10.0. The first kappa shape index (κ1) is 20.4. The number of nitrogens with zero attached hydrogens (tertiary/aromatic N) is 4. The normalized spacial score (nSPS) is 18.6. The number of halogens is 2. The van der Waals surface area contributed by atoms with Crippen LogP contribution in [0.1, 0.15) is 55.0 Å². The molecule has 1 N–H and O–H groups in total. The summed E-state index contributed by atoms with van der Waals surface area (Å²) >= 11 is 0. The number of carbonyl (C=O) groups is 1. The Bertz CT molecular complexity index is 992. The topological polar surface area (TPSA) is 81.4 Å². The minimum atomic E-state index is -2.91. The van der Waals surface area contributed by atoms with Gasteiger partial charge in [-0.05, 0) is 31.4 Å². The van der Waals surface area contributed by atoms with E-state index >= 15 is 0 Å². The lowest BCUT2D eigenvalue weighted by Crippen LogP contribution is -2.35. The molecule has 1 amide bonds. The third-order valence-corrected chi connectivity index (χ3v) is 5.12. The van der Waals surface area contributed by atoms with E-state index in [-0.39, 0.29) is 23.6 Å². The summed E-state index contributed by atoms with van der Waals surface area (Å²) in [5.41, 5.74) is 3.31. The van der Waals surface area contributed by atoms with Gasteiger partial charge >= 0.3 is 0 Å². The molecule has 0 bridgehead atoms. The average molecular weight is 417 g/mol. The van der Waals surface area contributed by atoms with Gasteiger partial charge in [-0.25, -0.2) is 13.8 Å². The van der Waals surface area contributed by atoms with Crippen LogP contribution >= 0.6 is 0 Å². The van der Waals surface area contributed by atoms with E-state index in [1.165, 1.54) is 0 Å². The van der Waals surface area contributed by atoms with E-state index in [9.17, 15) is 13.6 Å². The van der Waals surface area contributed by atoms with Crippen LogP contribution in [0.2, 0.25) is 0 Å². The Kier molecular flexibility index (Phi) is 5.29. The number of hydrogen-bond donors (Lipinski definition) is 1. The van der Waals surface area contributed by atoms with Crippen molar-refractivity contribution in [3.05, 3.63) is 40.8 Å². The maximum atomic E-state index is 13.0. The zero-order valence-corrected chi connectivity index (χ0v) is 17.3. The lowest BCUT2D eigenvalue weighted by molar-refractivity contribution is -0.120. The molecule has 3 heterocycles. The van der Waals surface area contributed by atoms with Crippen LogP contribution in [0.15, 0.2) is 23.5 Å². The SMILES string of the molecule is Cc1cc(Cn2cc3c(n2)C(C)CN=C3NC(=O)C2CC2)cnc1OCC(C)(F)F. The maximum absolute atomic E-state index is 13.0. The number of fused-ring (bicyclic) bond motifs is 1. The van der Waals surface area contributed by atoms with Crippen LogP contribution in [0.5, 0.6) is 5.88 Å². The predicted octanol–water partition coefficient (Wildman–Crippen LogP) is 3.06. The molecule has 9 heteroatoms. The van der Waals surface area contributed by atoms with Gasteiger partial charge in [0.05, 0.1) is 17.8 Å².